The van der Waals surface area contributed by atoms with Crippen molar-refractivity contribution >= 4 is 0 Å². The first kappa shape index (κ1) is 5.84. The fraction of sp³-hybridized carbons (Fsp3) is 0.125. The van der Waals surface area contributed by atoms with Crippen LogP contribution in [-0.4, -0.2) is 0 Å². The molecule has 0 atom stereocenters. The van der Waals surface area contributed by atoms with E-state index in [-0.39, 0.29) is 0 Å². The second-order valence-corrected chi connectivity index (χ2v) is 1.82. The molecule has 0 fully saturated rings. The summed E-state index contributed by atoms with van der Waals surface area (Å²) in [6.07, 6.45) is 10.3. The topological polar surface area (TPSA) is 23.8 Å². The third-order valence-corrected chi connectivity index (χ3v) is 1.14. The van der Waals surface area contributed by atoms with Crippen LogP contribution in [0.3, 0.4) is 0 Å². The lowest BCUT2D eigenvalue weighted by Crippen LogP contribution is -1.70. The van der Waals surface area contributed by atoms with E-state index in [0.717, 1.165) is 12.0 Å². The molecule has 1 heteroatoms. The number of nitriles is 1. The van der Waals surface area contributed by atoms with Gasteiger partial charge in [0.25, 0.3) is 0 Å². The van der Waals surface area contributed by atoms with Gasteiger partial charge in [-0.25, -0.2) is 0 Å². The predicted octanol–water partition coefficient (Wildman–Crippen LogP) is 1.95. The van der Waals surface area contributed by atoms with Crippen LogP contribution in [0.25, 0.3) is 0 Å². The molecule has 1 rings (SSSR count). The Morgan fingerprint density at radius 3 is 3.00 bits per heavy atom. The Kier molecular flexibility index (Phi) is 1.87. The molecule has 0 bridgehead atoms. The molecule has 0 heterocycles. The minimum Gasteiger partial charge on any atom is -0.193 e. The quantitative estimate of drug-likeness (QED) is 0.475. The fourth-order valence-corrected chi connectivity index (χ4v) is 0.660. The van der Waals surface area contributed by atoms with Gasteiger partial charge in [-0.1, -0.05) is 24.3 Å². The molecule has 0 aliphatic heterocycles. The van der Waals surface area contributed by atoms with Gasteiger partial charge >= 0.3 is 0 Å². The van der Waals surface area contributed by atoms with E-state index in [2.05, 4.69) is 6.07 Å². The van der Waals surface area contributed by atoms with Crippen molar-refractivity contribution in [3.8, 4) is 6.07 Å². The third-order valence-electron chi connectivity index (χ3n) is 1.14. The molecular formula is C8H7N. The largest absolute Gasteiger partial charge is 0.193 e. The van der Waals surface area contributed by atoms with Gasteiger partial charge in [-0.3, -0.25) is 0 Å². The van der Waals surface area contributed by atoms with Gasteiger partial charge in [-0.05, 0) is 6.08 Å². The molecule has 0 spiro atoms. The first-order valence-electron chi connectivity index (χ1n) is 2.86. The Morgan fingerprint density at radius 1 is 1.33 bits per heavy atom. The van der Waals surface area contributed by atoms with E-state index >= 15 is 0 Å². The lowest BCUT2D eigenvalue weighted by atomic mass is 10.2. The average Bonchev–Trinajstić information content (AvgIpc) is 2.13. The van der Waals surface area contributed by atoms with Crippen molar-refractivity contribution in [1.29, 1.82) is 5.26 Å². The Balaban J connectivity index is 2.77. The van der Waals surface area contributed by atoms with Crippen LogP contribution >= 0.6 is 0 Å². The molecule has 9 heavy (non-hydrogen) atoms. The van der Waals surface area contributed by atoms with Crippen LogP contribution in [0.2, 0.25) is 0 Å². The lowest BCUT2D eigenvalue weighted by molar-refractivity contribution is 1.29. The maximum atomic E-state index is 8.43. The zero-order valence-electron chi connectivity index (χ0n) is 5.04. The SMILES string of the molecule is N#CC1=CC=CC=CC1. The maximum absolute atomic E-state index is 8.43. The highest BCUT2D eigenvalue weighted by Crippen LogP contribution is 2.04. The van der Waals surface area contributed by atoms with Gasteiger partial charge in [0, 0.05) is 12.0 Å². The molecule has 0 radical (unpaired) electrons. The van der Waals surface area contributed by atoms with Crippen LogP contribution in [-0.2, 0) is 0 Å². The molecule has 0 aromatic rings. The van der Waals surface area contributed by atoms with Crippen molar-refractivity contribution in [1.82, 2.24) is 0 Å². The summed E-state index contributed by atoms with van der Waals surface area (Å²) in [5.74, 6) is 0. The summed E-state index contributed by atoms with van der Waals surface area (Å²) >= 11 is 0. The molecule has 0 aromatic heterocycles. The second-order valence-electron chi connectivity index (χ2n) is 1.82. The van der Waals surface area contributed by atoms with Crippen molar-refractivity contribution < 1.29 is 0 Å². The molecule has 0 saturated carbocycles. The molecular weight excluding hydrogens is 110 g/mol. The molecule has 0 amide bonds. The highest BCUT2D eigenvalue weighted by Gasteiger charge is 1.89. The van der Waals surface area contributed by atoms with E-state index in [0.29, 0.717) is 0 Å². The summed E-state index contributed by atoms with van der Waals surface area (Å²) in [6.45, 7) is 0. The Labute approximate surface area is 54.6 Å². The van der Waals surface area contributed by atoms with Gasteiger partial charge in [0.1, 0.15) is 0 Å². The van der Waals surface area contributed by atoms with Crippen LogP contribution < -0.4 is 0 Å². The van der Waals surface area contributed by atoms with E-state index in [1.54, 1.807) is 0 Å². The van der Waals surface area contributed by atoms with Gasteiger partial charge in [0.2, 0.25) is 0 Å². The highest BCUT2D eigenvalue weighted by molar-refractivity contribution is 5.31. The van der Waals surface area contributed by atoms with Gasteiger partial charge in [-0.15, -0.1) is 0 Å². The number of rotatable bonds is 0. The number of hydrogen-bond acceptors (Lipinski definition) is 1. The third kappa shape index (κ3) is 1.58. The summed E-state index contributed by atoms with van der Waals surface area (Å²) in [7, 11) is 0. The van der Waals surface area contributed by atoms with E-state index < -0.39 is 0 Å². The minimum atomic E-state index is 0.767. The average molecular weight is 117 g/mol. The fourth-order valence-electron chi connectivity index (χ4n) is 0.660. The summed E-state index contributed by atoms with van der Waals surface area (Å²) in [5.41, 5.74) is 0.819. The van der Waals surface area contributed by atoms with E-state index in [1.165, 1.54) is 0 Å². The van der Waals surface area contributed by atoms with E-state index in [9.17, 15) is 0 Å². The van der Waals surface area contributed by atoms with Crippen LogP contribution in [0.15, 0.2) is 36.0 Å². The maximum Gasteiger partial charge on any atom is 0.0950 e. The highest BCUT2D eigenvalue weighted by atomic mass is 14.2. The summed E-state index contributed by atoms with van der Waals surface area (Å²) in [5, 5.41) is 8.43. The van der Waals surface area contributed by atoms with Crippen molar-refractivity contribution in [3.63, 3.8) is 0 Å². The zero-order chi connectivity index (χ0) is 6.53. The Hall–Kier alpha value is -1.29. The summed E-state index contributed by atoms with van der Waals surface area (Å²) in [4.78, 5) is 0. The first-order chi connectivity index (χ1) is 4.43. The molecule has 0 saturated heterocycles. The van der Waals surface area contributed by atoms with Crippen molar-refractivity contribution in [2.24, 2.45) is 0 Å². The molecule has 1 aliphatic carbocycles. The number of hydrogen-bond donors (Lipinski definition) is 0. The van der Waals surface area contributed by atoms with Gasteiger partial charge in [0.05, 0.1) is 6.07 Å². The zero-order valence-corrected chi connectivity index (χ0v) is 5.04. The summed E-state index contributed by atoms with van der Waals surface area (Å²) < 4.78 is 0. The molecule has 0 N–H and O–H groups in total. The number of nitrogens with zero attached hydrogens (tertiary/aromatic N) is 1. The second kappa shape index (κ2) is 2.88. The Morgan fingerprint density at radius 2 is 2.22 bits per heavy atom. The molecule has 0 aromatic carbocycles. The normalized spacial score (nSPS) is 16.1. The first-order valence-corrected chi connectivity index (χ1v) is 2.86. The van der Waals surface area contributed by atoms with Crippen LogP contribution in [0.5, 0.6) is 0 Å². The van der Waals surface area contributed by atoms with Gasteiger partial charge in [-0.2, -0.15) is 5.26 Å². The smallest absolute Gasteiger partial charge is 0.0950 e. The van der Waals surface area contributed by atoms with Crippen LogP contribution in [0, 0.1) is 11.3 Å². The van der Waals surface area contributed by atoms with Crippen LogP contribution in [0.1, 0.15) is 6.42 Å². The number of allylic oxidation sites excluding steroid dienone is 6. The molecule has 1 nitrogen and oxygen atoms in total. The molecule has 44 valence electrons. The van der Waals surface area contributed by atoms with E-state index in [1.807, 2.05) is 30.4 Å². The predicted molar refractivity (Wildman–Crippen MR) is 36.6 cm³/mol. The molecule has 1 aliphatic rings. The minimum absolute atomic E-state index is 0.767. The van der Waals surface area contributed by atoms with Gasteiger partial charge in [0.15, 0.2) is 0 Å². The molecule has 0 unspecified atom stereocenters. The van der Waals surface area contributed by atoms with Gasteiger partial charge < -0.3 is 0 Å². The van der Waals surface area contributed by atoms with Crippen molar-refractivity contribution in [3.05, 3.63) is 36.0 Å². The monoisotopic (exact) mass is 117 g/mol. The lowest BCUT2D eigenvalue weighted by Gasteiger charge is -1.83. The summed E-state index contributed by atoms with van der Waals surface area (Å²) in [6, 6.07) is 2.10. The van der Waals surface area contributed by atoms with Crippen molar-refractivity contribution in [2.75, 3.05) is 0 Å². The van der Waals surface area contributed by atoms with Crippen LogP contribution in [0.4, 0.5) is 0 Å². The Bertz CT molecular complexity index is 213. The standard InChI is InChI=1S/C8H7N/c9-7-8-5-3-1-2-4-6-8/h1-5H,6H2. The van der Waals surface area contributed by atoms with E-state index in [4.69, 9.17) is 5.26 Å². The van der Waals surface area contributed by atoms with Crippen molar-refractivity contribution in [2.45, 2.75) is 6.42 Å².